The smallest absolute Gasteiger partial charge is 0.303 e. The summed E-state index contributed by atoms with van der Waals surface area (Å²) in [7, 11) is 0. The highest BCUT2D eigenvalue weighted by Gasteiger charge is 2.85. The number of hydrogen-bond donors (Lipinski definition) is 7. The fourth-order valence-electron chi connectivity index (χ4n) is 15.3. The molecule has 2 spiro atoms. The molecule has 8 fully saturated rings. The SMILES string of the molecule is CC(=O)OCC1OC(OC2CCC34CC35CCC3(C)CC(C6(C)CCC(OC(C)=O)C(C)(C)O6)C(O)C3(C)C5CC(O)C4C2(C)C)C(OC2OC(C)C(O)C(O)C2O)C(O)C1O. The van der Waals surface area contributed by atoms with Crippen LogP contribution < -0.4 is 0 Å². The maximum Gasteiger partial charge on any atom is 0.303 e. The Morgan fingerprint density at radius 2 is 1.39 bits per heavy atom. The van der Waals surface area contributed by atoms with E-state index in [4.69, 9.17) is 33.2 Å². The van der Waals surface area contributed by atoms with Crippen molar-refractivity contribution in [3.8, 4) is 0 Å². The molecule has 16 nitrogen and oxygen atoms in total. The number of ether oxygens (including phenoxy) is 7. The van der Waals surface area contributed by atoms with E-state index in [-0.39, 0.29) is 52.7 Å². The van der Waals surface area contributed by atoms with Gasteiger partial charge in [-0.3, -0.25) is 9.59 Å². The summed E-state index contributed by atoms with van der Waals surface area (Å²) in [6, 6.07) is 0. The van der Waals surface area contributed by atoms with E-state index in [0.29, 0.717) is 25.7 Å². The Balaban J connectivity index is 1.04. The summed E-state index contributed by atoms with van der Waals surface area (Å²) in [6.07, 6.45) is -10.0. The molecule has 8 rings (SSSR count). The number of aliphatic hydroxyl groups is 7. The van der Waals surface area contributed by atoms with Gasteiger partial charge in [-0.2, -0.15) is 0 Å². The van der Waals surface area contributed by atoms with Gasteiger partial charge in [0.15, 0.2) is 12.6 Å². The van der Waals surface area contributed by atoms with Crippen molar-refractivity contribution in [3.05, 3.63) is 0 Å². The second-order valence-electron chi connectivity index (χ2n) is 22.7. The van der Waals surface area contributed by atoms with E-state index in [0.717, 1.165) is 32.1 Å². The first-order valence-corrected chi connectivity index (χ1v) is 23.1. The maximum absolute atomic E-state index is 12.8. The summed E-state index contributed by atoms with van der Waals surface area (Å²) < 4.78 is 42.6. The predicted molar refractivity (Wildman–Crippen MR) is 217 cm³/mol. The van der Waals surface area contributed by atoms with E-state index in [1.54, 1.807) is 0 Å². The van der Waals surface area contributed by atoms with Gasteiger partial charge in [-0.05, 0) is 119 Å². The normalized spacial score (nSPS) is 55.1. The van der Waals surface area contributed by atoms with Crippen molar-refractivity contribution in [2.75, 3.05) is 6.61 Å². The van der Waals surface area contributed by atoms with Gasteiger partial charge in [-0.15, -0.1) is 0 Å². The Kier molecular flexibility index (Phi) is 11.8. The zero-order valence-corrected chi connectivity index (χ0v) is 38.2. The molecule has 0 amide bonds. The number of fused-ring (bicyclic) bond motifs is 2. The molecular weight excluding hydrogens is 808 g/mol. The van der Waals surface area contributed by atoms with Gasteiger partial charge in [-0.25, -0.2) is 0 Å². The van der Waals surface area contributed by atoms with Gasteiger partial charge in [0.2, 0.25) is 0 Å². The lowest BCUT2D eigenvalue weighted by molar-refractivity contribution is -0.376. The number of carbonyl (C=O) groups excluding carboxylic acids is 2. The monoisotopic (exact) mass is 882 g/mol. The number of esters is 2. The molecule has 8 aliphatic rings. The molecule has 0 aromatic rings. The van der Waals surface area contributed by atoms with Crippen molar-refractivity contribution in [1.29, 1.82) is 0 Å². The van der Waals surface area contributed by atoms with Gasteiger partial charge in [-0.1, -0.05) is 27.7 Å². The third-order valence-electron chi connectivity index (χ3n) is 18.7. The topological polar surface area (TPSA) is 240 Å². The first-order valence-electron chi connectivity index (χ1n) is 23.1. The zero-order valence-electron chi connectivity index (χ0n) is 38.2. The van der Waals surface area contributed by atoms with Crippen LogP contribution in [0.15, 0.2) is 0 Å². The molecule has 7 N–H and O–H groups in total. The van der Waals surface area contributed by atoms with E-state index in [9.17, 15) is 45.3 Å². The van der Waals surface area contributed by atoms with Gasteiger partial charge in [0.05, 0.1) is 30.0 Å². The lowest BCUT2D eigenvalue weighted by atomic mass is 9.42. The summed E-state index contributed by atoms with van der Waals surface area (Å²) >= 11 is 0. The van der Waals surface area contributed by atoms with E-state index < -0.39 is 108 Å². The standard InChI is InChI=1S/C46H74O16/c1-21-30(50)32(52)34(54)38(57-21)61-35-33(53)31(51)26(19-56-22(2)47)59-39(35)60-28-12-14-46-20-45(46)16-15-42(8)18-24(43(9)13-11-29(58-23(3)48)41(6,7)62-43)37(55)44(42,10)27(45)17-25(49)36(46)40(28,4)5/h21,24-39,49-55H,11-20H2,1-10H3. The maximum atomic E-state index is 12.8. The van der Waals surface area contributed by atoms with Crippen LogP contribution in [0, 0.1) is 44.8 Å². The molecule has 5 aliphatic carbocycles. The van der Waals surface area contributed by atoms with Gasteiger partial charge >= 0.3 is 11.9 Å². The second-order valence-corrected chi connectivity index (χ2v) is 22.7. The van der Waals surface area contributed by atoms with E-state index in [1.807, 2.05) is 13.8 Å². The van der Waals surface area contributed by atoms with Crippen molar-refractivity contribution < 1.29 is 78.5 Å². The van der Waals surface area contributed by atoms with E-state index in [1.165, 1.54) is 20.8 Å². The van der Waals surface area contributed by atoms with Crippen LogP contribution in [0.1, 0.15) is 127 Å². The first-order chi connectivity index (χ1) is 28.7. The number of hydrogen-bond acceptors (Lipinski definition) is 16. The zero-order chi connectivity index (χ0) is 45.5. The lowest BCUT2D eigenvalue weighted by Crippen LogP contribution is -2.66. The fourth-order valence-corrected chi connectivity index (χ4v) is 15.3. The average Bonchev–Trinajstić information content (AvgIpc) is 3.77. The van der Waals surface area contributed by atoms with Crippen molar-refractivity contribution in [2.45, 2.75) is 224 Å². The molecule has 22 unspecified atom stereocenters. The third-order valence-corrected chi connectivity index (χ3v) is 18.7. The lowest BCUT2D eigenvalue weighted by Gasteiger charge is -2.64. The van der Waals surface area contributed by atoms with Crippen molar-refractivity contribution >= 4 is 11.9 Å². The van der Waals surface area contributed by atoms with E-state index in [2.05, 4.69) is 34.6 Å². The second kappa shape index (κ2) is 15.5. The molecule has 0 aromatic carbocycles. The predicted octanol–water partition coefficient (Wildman–Crippen LogP) is 2.25. The number of carbonyl (C=O) groups is 2. The molecule has 22 atom stereocenters. The summed E-state index contributed by atoms with van der Waals surface area (Å²) in [5.74, 6) is -1.24. The minimum absolute atomic E-state index is 0.0542. The van der Waals surface area contributed by atoms with Crippen molar-refractivity contribution in [2.24, 2.45) is 44.8 Å². The van der Waals surface area contributed by atoms with E-state index >= 15 is 0 Å². The first kappa shape index (κ1) is 47.0. The molecule has 0 aromatic heterocycles. The Bertz CT molecular complexity index is 1730. The molecule has 3 aliphatic heterocycles. The summed E-state index contributed by atoms with van der Waals surface area (Å²) in [5.41, 5.74) is -3.06. The van der Waals surface area contributed by atoms with Crippen LogP contribution in [-0.2, 0) is 42.7 Å². The molecule has 16 heteroatoms. The van der Waals surface area contributed by atoms with Crippen molar-refractivity contribution in [1.82, 2.24) is 0 Å². The van der Waals surface area contributed by atoms with Crippen molar-refractivity contribution in [3.63, 3.8) is 0 Å². The summed E-state index contributed by atoms with van der Waals surface area (Å²) in [6.45, 7) is 18.6. The Morgan fingerprint density at radius 3 is 2.03 bits per heavy atom. The van der Waals surface area contributed by atoms with Crippen LogP contribution in [0.25, 0.3) is 0 Å². The fraction of sp³-hybridized carbons (Fsp3) is 0.957. The largest absolute Gasteiger partial charge is 0.463 e. The van der Waals surface area contributed by atoms with Gasteiger partial charge in [0, 0.05) is 25.2 Å². The number of rotatable bonds is 8. The van der Waals surface area contributed by atoms with Gasteiger partial charge in [0.25, 0.3) is 0 Å². The Labute approximate surface area is 365 Å². The van der Waals surface area contributed by atoms with Gasteiger partial charge < -0.3 is 68.9 Å². The molecule has 354 valence electrons. The molecule has 0 bridgehead atoms. The van der Waals surface area contributed by atoms with Crippen LogP contribution in [-0.4, -0.2) is 151 Å². The summed E-state index contributed by atoms with van der Waals surface area (Å²) in [5, 5.41) is 79.7. The van der Waals surface area contributed by atoms with Crippen LogP contribution in [0.5, 0.6) is 0 Å². The molecule has 3 saturated heterocycles. The van der Waals surface area contributed by atoms with Crippen LogP contribution in [0.2, 0.25) is 0 Å². The van der Waals surface area contributed by atoms with Crippen LogP contribution in [0.3, 0.4) is 0 Å². The molecule has 0 radical (unpaired) electrons. The number of aliphatic hydroxyl groups excluding tert-OH is 7. The minimum Gasteiger partial charge on any atom is -0.463 e. The molecule has 62 heavy (non-hydrogen) atoms. The summed E-state index contributed by atoms with van der Waals surface area (Å²) in [4.78, 5) is 23.7. The average molecular weight is 883 g/mol. The van der Waals surface area contributed by atoms with Gasteiger partial charge in [0.1, 0.15) is 61.0 Å². The quantitative estimate of drug-likeness (QED) is 0.137. The molecule has 5 saturated carbocycles. The highest BCUT2D eigenvalue weighted by atomic mass is 16.8. The third kappa shape index (κ3) is 6.88. The highest BCUT2D eigenvalue weighted by molar-refractivity contribution is 5.66. The Hall–Kier alpha value is -1.54. The Morgan fingerprint density at radius 1 is 0.710 bits per heavy atom. The molecular formula is C46H74O16. The van der Waals surface area contributed by atoms with Crippen LogP contribution >= 0.6 is 0 Å². The minimum atomic E-state index is -1.70. The highest BCUT2D eigenvalue weighted by Crippen LogP contribution is 2.89. The molecule has 3 heterocycles. The van der Waals surface area contributed by atoms with Crippen LogP contribution in [0.4, 0.5) is 0 Å².